The van der Waals surface area contributed by atoms with Crippen LogP contribution in [0.4, 0.5) is 5.69 Å². The summed E-state index contributed by atoms with van der Waals surface area (Å²) in [5, 5.41) is 6.20. The van der Waals surface area contributed by atoms with Crippen LogP contribution >= 0.6 is 0 Å². The third-order valence-corrected chi connectivity index (χ3v) is 5.29. The minimum absolute atomic E-state index is 0.505. The number of aromatic nitrogens is 1. The zero-order valence-corrected chi connectivity index (χ0v) is 15.0. The maximum atomic E-state index is 4.22. The van der Waals surface area contributed by atoms with E-state index >= 15 is 0 Å². The molecule has 1 fully saturated rings. The van der Waals surface area contributed by atoms with Crippen molar-refractivity contribution in [2.75, 3.05) is 18.4 Å². The van der Waals surface area contributed by atoms with Gasteiger partial charge in [0.15, 0.2) is 0 Å². The Balaban J connectivity index is 1.43. The van der Waals surface area contributed by atoms with Crippen LogP contribution < -0.4 is 5.32 Å². The highest BCUT2D eigenvalue weighted by Crippen LogP contribution is 2.25. The van der Waals surface area contributed by atoms with Crippen molar-refractivity contribution in [1.82, 2.24) is 9.88 Å². The monoisotopic (exact) mass is 331 g/mol. The fourth-order valence-electron chi connectivity index (χ4n) is 3.72. The quantitative estimate of drug-likeness (QED) is 0.761. The highest BCUT2D eigenvalue weighted by atomic mass is 15.2. The van der Waals surface area contributed by atoms with Gasteiger partial charge < -0.3 is 5.32 Å². The molecular formula is C22H25N3. The first kappa shape index (κ1) is 16.1. The zero-order valence-electron chi connectivity index (χ0n) is 15.0. The van der Waals surface area contributed by atoms with Crippen molar-refractivity contribution in [3.63, 3.8) is 0 Å². The van der Waals surface area contributed by atoms with E-state index in [0.29, 0.717) is 6.04 Å². The van der Waals surface area contributed by atoms with Crippen LogP contribution in [0.1, 0.15) is 23.1 Å². The molecule has 1 aliphatic rings. The van der Waals surface area contributed by atoms with Gasteiger partial charge in [0.2, 0.25) is 0 Å². The Morgan fingerprint density at radius 2 is 2.04 bits per heavy atom. The van der Waals surface area contributed by atoms with Gasteiger partial charge in [-0.05, 0) is 49.1 Å². The number of hydrogen-bond donors (Lipinski definition) is 1. The summed E-state index contributed by atoms with van der Waals surface area (Å²) in [6.07, 6.45) is 4.99. The van der Waals surface area contributed by atoms with E-state index in [1.54, 1.807) is 0 Å². The molecule has 3 nitrogen and oxygen atoms in total. The van der Waals surface area contributed by atoms with E-state index in [4.69, 9.17) is 0 Å². The smallest absolute Gasteiger partial charge is 0.0423 e. The lowest BCUT2D eigenvalue weighted by Gasteiger charge is -2.19. The molecule has 2 heterocycles. The Bertz CT molecular complexity index is 882. The lowest BCUT2D eigenvalue weighted by Crippen LogP contribution is -2.26. The van der Waals surface area contributed by atoms with Gasteiger partial charge in [-0.3, -0.25) is 9.88 Å². The molecule has 1 aromatic heterocycles. The topological polar surface area (TPSA) is 28.2 Å². The first-order valence-electron chi connectivity index (χ1n) is 9.07. The lowest BCUT2D eigenvalue weighted by atomic mass is 10.1. The van der Waals surface area contributed by atoms with E-state index in [-0.39, 0.29) is 0 Å². The molecule has 3 aromatic rings. The van der Waals surface area contributed by atoms with Crippen LogP contribution in [0.25, 0.3) is 10.8 Å². The van der Waals surface area contributed by atoms with Crippen molar-refractivity contribution in [2.45, 2.75) is 32.9 Å². The van der Waals surface area contributed by atoms with Crippen molar-refractivity contribution < 1.29 is 0 Å². The van der Waals surface area contributed by atoms with Gasteiger partial charge in [0, 0.05) is 54.5 Å². The van der Waals surface area contributed by atoms with Gasteiger partial charge >= 0.3 is 0 Å². The Kier molecular flexibility index (Phi) is 4.41. The second-order valence-corrected chi connectivity index (χ2v) is 7.19. The molecule has 0 bridgehead atoms. The summed E-state index contributed by atoms with van der Waals surface area (Å²) in [4.78, 5) is 6.77. The molecular weight excluding hydrogens is 306 g/mol. The average Bonchev–Trinajstić information content (AvgIpc) is 3.05. The number of fused-ring (bicyclic) bond motifs is 1. The molecule has 4 rings (SSSR count). The van der Waals surface area contributed by atoms with Crippen molar-refractivity contribution in [1.29, 1.82) is 0 Å². The zero-order chi connectivity index (χ0) is 17.2. The summed E-state index contributed by atoms with van der Waals surface area (Å²) in [5.74, 6) is 0. The third-order valence-electron chi connectivity index (χ3n) is 5.29. The minimum atomic E-state index is 0.505. The molecule has 1 unspecified atom stereocenters. The van der Waals surface area contributed by atoms with Gasteiger partial charge in [0.05, 0.1) is 0 Å². The summed E-state index contributed by atoms with van der Waals surface area (Å²) in [6, 6.07) is 15.8. The van der Waals surface area contributed by atoms with E-state index in [1.807, 2.05) is 12.4 Å². The number of likely N-dealkylation sites (tertiary alicyclic amines) is 1. The standard InChI is InChI=1S/C22H25N3/c1-16-6-7-18(12-17(16)2)14-25-11-9-20(15-25)24-22-5-3-4-19-13-23-10-8-21(19)22/h3-8,10,12-13,20,24H,9,11,14-15H2,1-2H3. The van der Waals surface area contributed by atoms with Crippen molar-refractivity contribution in [3.8, 4) is 0 Å². The molecule has 0 radical (unpaired) electrons. The molecule has 128 valence electrons. The van der Waals surface area contributed by atoms with E-state index < -0.39 is 0 Å². The molecule has 1 atom stereocenters. The van der Waals surface area contributed by atoms with Gasteiger partial charge in [-0.1, -0.05) is 30.3 Å². The van der Waals surface area contributed by atoms with Crippen molar-refractivity contribution in [3.05, 3.63) is 71.5 Å². The third kappa shape index (κ3) is 3.52. The number of benzene rings is 2. The molecule has 2 aromatic carbocycles. The van der Waals surface area contributed by atoms with E-state index in [0.717, 1.165) is 19.6 Å². The summed E-state index contributed by atoms with van der Waals surface area (Å²) >= 11 is 0. The van der Waals surface area contributed by atoms with Crippen molar-refractivity contribution >= 4 is 16.5 Å². The lowest BCUT2D eigenvalue weighted by molar-refractivity contribution is 0.328. The van der Waals surface area contributed by atoms with Crippen LogP contribution in [0.3, 0.4) is 0 Å². The summed E-state index contributed by atoms with van der Waals surface area (Å²) < 4.78 is 0. The molecule has 0 amide bonds. The Morgan fingerprint density at radius 3 is 2.92 bits per heavy atom. The Labute approximate surface area is 149 Å². The van der Waals surface area contributed by atoms with Gasteiger partial charge in [0.1, 0.15) is 0 Å². The number of hydrogen-bond acceptors (Lipinski definition) is 3. The van der Waals surface area contributed by atoms with E-state index in [9.17, 15) is 0 Å². The molecule has 1 aliphatic heterocycles. The molecule has 0 saturated carbocycles. The highest BCUT2D eigenvalue weighted by Gasteiger charge is 2.22. The molecule has 0 aliphatic carbocycles. The fourth-order valence-corrected chi connectivity index (χ4v) is 3.72. The molecule has 25 heavy (non-hydrogen) atoms. The number of pyridine rings is 1. The second-order valence-electron chi connectivity index (χ2n) is 7.19. The highest BCUT2D eigenvalue weighted by molar-refractivity contribution is 5.93. The van der Waals surface area contributed by atoms with Crippen LogP contribution in [0.2, 0.25) is 0 Å². The van der Waals surface area contributed by atoms with Gasteiger partial charge in [0.25, 0.3) is 0 Å². The largest absolute Gasteiger partial charge is 0.380 e. The molecule has 3 heteroatoms. The van der Waals surface area contributed by atoms with E-state index in [1.165, 1.54) is 39.6 Å². The maximum Gasteiger partial charge on any atom is 0.0423 e. The van der Waals surface area contributed by atoms with Crippen LogP contribution in [-0.4, -0.2) is 29.0 Å². The predicted octanol–water partition coefficient (Wildman–Crippen LogP) is 4.54. The fraction of sp³-hybridized carbons (Fsp3) is 0.318. The summed E-state index contributed by atoms with van der Waals surface area (Å²) in [7, 11) is 0. The average molecular weight is 331 g/mol. The molecule has 0 spiro atoms. The van der Waals surface area contributed by atoms with Crippen LogP contribution in [0.5, 0.6) is 0 Å². The molecule has 1 N–H and O–H groups in total. The predicted molar refractivity (Wildman–Crippen MR) is 105 cm³/mol. The van der Waals surface area contributed by atoms with Crippen LogP contribution in [-0.2, 0) is 6.54 Å². The number of nitrogens with zero attached hydrogens (tertiary/aromatic N) is 2. The second kappa shape index (κ2) is 6.85. The summed E-state index contributed by atoms with van der Waals surface area (Å²) in [5.41, 5.74) is 5.39. The first-order chi connectivity index (χ1) is 12.2. The number of anilines is 1. The van der Waals surface area contributed by atoms with Gasteiger partial charge in [-0.2, -0.15) is 0 Å². The summed E-state index contributed by atoms with van der Waals surface area (Å²) in [6.45, 7) is 7.65. The van der Waals surface area contributed by atoms with Gasteiger partial charge in [-0.25, -0.2) is 0 Å². The Morgan fingerprint density at radius 1 is 1.12 bits per heavy atom. The Hall–Kier alpha value is -2.39. The number of nitrogens with one attached hydrogen (secondary N) is 1. The number of rotatable bonds is 4. The van der Waals surface area contributed by atoms with Crippen molar-refractivity contribution in [2.24, 2.45) is 0 Å². The SMILES string of the molecule is Cc1ccc(CN2CCC(Nc3cccc4cnccc34)C2)cc1C. The first-order valence-corrected chi connectivity index (χ1v) is 9.07. The van der Waals surface area contributed by atoms with E-state index in [2.05, 4.69) is 71.5 Å². The maximum absolute atomic E-state index is 4.22. The minimum Gasteiger partial charge on any atom is -0.380 e. The normalized spacial score (nSPS) is 17.9. The molecule has 1 saturated heterocycles. The number of aryl methyl sites for hydroxylation is 2. The van der Waals surface area contributed by atoms with Crippen LogP contribution in [0.15, 0.2) is 54.9 Å². The van der Waals surface area contributed by atoms with Crippen LogP contribution in [0, 0.1) is 13.8 Å². The van der Waals surface area contributed by atoms with Gasteiger partial charge in [-0.15, -0.1) is 0 Å².